The van der Waals surface area contributed by atoms with E-state index in [1.807, 2.05) is 30.3 Å². The van der Waals surface area contributed by atoms with Crippen LogP contribution in [0, 0.1) is 0 Å². The Balaban J connectivity index is 1.95. The van der Waals surface area contributed by atoms with Crippen LogP contribution in [0.3, 0.4) is 0 Å². The van der Waals surface area contributed by atoms with Gasteiger partial charge in [0.25, 0.3) is 0 Å². The van der Waals surface area contributed by atoms with Gasteiger partial charge in [-0.15, -0.1) is 0 Å². The van der Waals surface area contributed by atoms with Crippen LogP contribution in [0.1, 0.15) is 5.56 Å². The van der Waals surface area contributed by atoms with E-state index < -0.39 is 0 Å². The number of phenolic OH excluding ortho intramolecular Hbond substituents is 1. The van der Waals surface area contributed by atoms with Gasteiger partial charge in [-0.2, -0.15) is 5.48 Å². The highest BCUT2D eigenvalue weighted by molar-refractivity contribution is 5.53. The monoisotopic (exact) mass is 230 g/mol. The van der Waals surface area contributed by atoms with Crippen molar-refractivity contribution in [2.24, 2.45) is 0 Å². The zero-order valence-electron chi connectivity index (χ0n) is 9.26. The maximum absolute atomic E-state index is 9.61. The molecule has 88 valence electrons. The third-order valence-corrected chi connectivity index (χ3v) is 2.37. The third kappa shape index (κ3) is 2.89. The average molecular weight is 230 g/mol. The van der Waals surface area contributed by atoms with Crippen LogP contribution in [0.25, 0.3) is 0 Å². The number of aromatic hydroxyl groups is 1. The minimum Gasteiger partial charge on any atom is -0.508 e. The van der Waals surface area contributed by atoms with Gasteiger partial charge in [-0.1, -0.05) is 24.3 Å². The van der Waals surface area contributed by atoms with Gasteiger partial charge in [0, 0.05) is 11.3 Å². The van der Waals surface area contributed by atoms with Crippen LogP contribution in [-0.2, 0) is 6.54 Å². The largest absolute Gasteiger partial charge is 0.508 e. The molecule has 17 heavy (non-hydrogen) atoms. The summed E-state index contributed by atoms with van der Waals surface area (Å²) >= 11 is 0. The summed E-state index contributed by atoms with van der Waals surface area (Å²) in [4.78, 5) is 5.30. The van der Waals surface area contributed by atoms with Crippen LogP contribution in [0.5, 0.6) is 11.5 Å². The van der Waals surface area contributed by atoms with Crippen molar-refractivity contribution in [2.45, 2.75) is 6.54 Å². The molecular formula is C13H14N2O2. The zero-order chi connectivity index (χ0) is 12.1. The van der Waals surface area contributed by atoms with Gasteiger partial charge in [-0.25, -0.2) is 0 Å². The van der Waals surface area contributed by atoms with Gasteiger partial charge in [0.2, 0.25) is 0 Å². The lowest BCUT2D eigenvalue weighted by atomic mass is 10.1. The van der Waals surface area contributed by atoms with E-state index in [-0.39, 0.29) is 5.75 Å². The molecule has 0 atom stereocenters. The second-order valence-corrected chi connectivity index (χ2v) is 3.58. The number of benzene rings is 2. The topological polar surface area (TPSA) is 67.5 Å². The molecule has 0 amide bonds. The highest BCUT2D eigenvalue weighted by atomic mass is 16.6. The number of phenols is 1. The summed E-state index contributed by atoms with van der Waals surface area (Å²) < 4.78 is 0. The Labute approximate surface area is 99.6 Å². The minimum absolute atomic E-state index is 0.161. The second-order valence-electron chi connectivity index (χ2n) is 3.58. The summed E-state index contributed by atoms with van der Waals surface area (Å²) in [6, 6.07) is 14.4. The fourth-order valence-electron chi connectivity index (χ4n) is 1.46. The molecule has 0 unspecified atom stereocenters. The Hall–Kier alpha value is -2.20. The van der Waals surface area contributed by atoms with E-state index in [0.717, 1.165) is 0 Å². The average Bonchev–Trinajstić information content (AvgIpc) is 2.34. The number of hydroxylamine groups is 1. The lowest BCUT2D eigenvalue weighted by Crippen LogP contribution is -2.18. The molecular weight excluding hydrogens is 216 g/mol. The molecule has 0 aliphatic heterocycles. The van der Waals surface area contributed by atoms with Crippen LogP contribution in [0.2, 0.25) is 0 Å². The van der Waals surface area contributed by atoms with E-state index in [1.54, 1.807) is 18.2 Å². The van der Waals surface area contributed by atoms with Crippen LogP contribution in [0.4, 0.5) is 5.69 Å². The molecule has 0 aliphatic carbocycles. The minimum atomic E-state index is 0.161. The third-order valence-electron chi connectivity index (χ3n) is 2.37. The van der Waals surface area contributed by atoms with Crippen molar-refractivity contribution in [1.82, 2.24) is 5.48 Å². The molecule has 0 aliphatic rings. The summed E-state index contributed by atoms with van der Waals surface area (Å²) in [6.45, 7) is 0.341. The summed E-state index contributed by atoms with van der Waals surface area (Å²) in [5.41, 5.74) is 9.67. The summed E-state index contributed by atoms with van der Waals surface area (Å²) in [6.07, 6.45) is 0. The Kier molecular flexibility index (Phi) is 3.47. The van der Waals surface area contributed by atoms with Gasteiger partial charge in [0.1, 0.15) is 11.5 Å². The number of nitrogen functional groups attached to an aromatic ring is 1. The fraction of sp³-hybridized carbons (Fsp3) is 0.0769. The van der Waals surface area contributed by atoms with E-state index in [2.05, 4.69) is 5.48 Å². The Morgan fingerprint density at radius 2 is 1.82 bits per heavy atom. The predicted molar refractivity (Wildman–Crippen MR) is 66.4 cm³/mol. The lowest BCUT2D eigenvalue weighted by Gasteiger charge is -2.10. The van der Waals surface area contributed by atoms with E-state index >= 15 is 0 Å². The predicted octanol–water partition coefficient (Wildman–Crippen LogP) is 2.06. The highest BCUT2D eigenvalue weighted by Gasteiger charge is 2.04. The Morgan fingerprint density at radius 3 is 2.53 bits per heavy atom. The van der Waals surface area contributed by atoms with Gasteiger partial charge in [0.15, 0.2) is 0 Å². The number of hydrogen-bond acceptors (Lipinski definition) is 4. The van der Waals surface area contributed by atoms with Crippen molar-refractivity contribution in [3.8, 4) is 11.5 Å². The molecule has 0 bridgehead atoms. The van der Waals surface area contributed by atoms with E-state index in [9.17, 15) is 5.11 Å². The van der Waals surface area contributed by atoms with Crippen LogP contribution in [0.15, 0.2) is 48.5 Å². The standard InChI is InChI=1S/C13H14N2O2/c14-12-7-4-8-13(16)11(12)9-15-17-10-5-2-1-3-6-10/h1-8,15-16H,9,14H2. The Morgan fingerprint density at radius 1 is 1.06 bits per heavy atom. The smallest absolute Gasteiger partial charge is 0.147 e. The zero-order valence-corrected chi connectivity index (χ0v) is 9.26. The first-order chi connectivity index (χ1) is 8.27. The van der Waals surface area contributed by atoms with Gasteiger partial charge >= 0.3 is 0 Å². The lowest BCUT2D eigenvalue weighted by molar-refractivity contribution is 0.189. The molecule has 0 fully saturated rings. The molecule has 4 N–H and O–H groups in total. The van der Waals surface area contributed by atoms with Crippen molar-refractivity contribution in [2.75, 3.05) is 5.73 Å². The SMILES string of the molecule is Nc1cccc(O)c1CNOc1ccccc1. The molecule has 0 radical (unpaired) electrons. The normalized spacial score (nSPS) is 10.1. The van der Waals surface area contributed by atoms with Crippen molar-refractivity contribution in [3.05, 3.63) is 54.1 Å². The fourth-order valence-corrected chi connectivity index (χ4v) is 1.46. The number of nitrogens with one attached hydrogen (secondary N) is 1. The first kappa shape index (κ1) is 11.3. The summed E-state index contributed by atoms with van der Waals surface area (Å²) in [5.74, 6) is 0.871. The van der Waals surface area contributed by atoms with Crippen molar-refractivity contribution < 1.29 is 9.94 Å². The first-order valence-corrected chi connectivity index (χ1v) is 5.28. The molecule has 0 saturated heterocycles. The number of anilines is 1. The summed E-state index contributed by atoms with van der Waals surface area (Å²) in [7, 11) is 0. The van der Waals surface area contributed by atoms with E-state index in [4.69, 9.17) is 10.6 Å². The van der Waals surface area contributed by atoms with Gasteiger partial charge in [-0.05, 0) is 24.3 Å². The molecule has 2 rings (SSSR count). The quantitative estimate of drug-likeness (QED) is 0.555. The molecule has 0 heterocycles. The van der Waals surface area contributed by atoms with E-state index in [1.165, 1.54) is 0 Å². The molecule has 0 saturated carbocycles. The van der Waals surface area contributed by atoms with Crippen LogP contribution in [-0.4, -0.2) is 5.11 Å². The molecule has 2 aromatic rings. The molecule has 0 spiro atoms. The van der Waals surface area contributed by atoms with E-state index in [0.29, 0.717) is 23.5 Å². The number of nitrogens with two attached hydrogens (primary N) is 1. The van der Waals surface area contributed by atoms with Crippen molar-refractivity contribution in [1.29, 1.82) is 0 Å². The maximum Gasteiger partial charge on any atom is 0.147 e. The highest BCUT2D eigenvalue weighted by Crippen LogP contribution is 2.22. The second kappa shape index (κ2) is 5.23. The molecule has 0 aromatic heterocycles. The van der Waals surface area contributed by atoms with Gasteiger partial charge in [-0.3, -0.25) is 0 Å². The molecule has 4 heteroatoms. The maximum atomic E-state index is 9.61. The molecule has 4 nitrogen and oxygen atoms in total. The van der Waals surface area contributed by atoms with Crippen molar-refractivity contribution >= 4 is 5.69 Å². The first-order valence-electron chi connectivity index (χ1n) is 5.28. The molecule has 2 aromatic carbocycles. The van der Waals surface area contributed by atoms with Gasteiger partial charge < -0.3 is 15.7 Å². The summed E-state index contributed by atoms with van der Waals surface area (Å²) in [5, 5.41) is 9.61. The Bertz CT molecular complexity index is 466. The number of para-hydroxylation sites is 1. The van der Waals surface area contributed by atoms with Crippen molar-refractivity contribution in [3.63, 3.8) is 0 Å². The number of hydrogen-bond donors (Lipinski definition) is 3. The number of rotatable bonds is 4. The van der Waals surface area contributed by atoms with Gasteiger partial charge in [0.05, 0.1) is 6.54 Å². The van der Waals surface area contributed by atoms with Crippen LogP contribution >= 0.6 is 0 Å². The van der Waals surface area contributed by atoms with Crippen LogP contribution < -0.4 is 16.1 Å².